The Bertz CT molecular complexity index is 518. The van der Waals surface area contributed by atoms with Crippen LogP contribution in [0.3, 0.4) is 0 Å². The van der Waals surface area contributed by atoms with Gasteiger partial charge in [-0.1, -0.05) is 19.1 Å². The van der Waals surface area contributed by atoms with Crippen LogP contribution in [-0.4, -0.2) is 36.2 Å². The van der Waals surface area contributed by atoms with Crippen LogP contribution in [0.5, 0.6) is 0 Å². The predicted octanol–water partition coefficient (Wildman–Crippen LogP) is 1.11. The number of ether oxygens (including phenoxy) is 1. The van der Waals surface area contributed by atoms with Crippen LogP contribution in [-0.2, 0) is 14.3 Å². The number of carbonyl (C=O) groups excluding carboxylic acids is 1. The zero-order valence-corrected chi connectivity index (χ0v) is 11.3. The molecule has 1 saturated heterocycles. The first-order chi connectivity index (χ1) is 9.50. The summed E-state index contributed by atoms with van der Waals surface area (Å²) in [6.45, 7) is 2.01. The third kappa shape index (κ3) is 2.91. The first-order valence-electron chi connectivity index (χ1n) is 6.50. The zero-order chi connectivity index (χ0) is 14.7. The number of rotatable bonds is 4. The topological polar surface area (TPSA) is 92.9 Å². The number of anilines is 2. The first kappa shape index (κ1) is 14.3. The number of carbonyl (C=O) groups is 2. The van der Waals surface area contributed by atoms with Crippen molar-refractivity contribution in [1.82, 2.24) is 0 Å². The van der Waals surface area contributed by atoms with Crippen molar-refractivity contribution in [2.24, 2.45) is 5.92 Å². The summed E-state index contributed by atoms with van der Waals surface area (Å²) in [4.78, 5) is 24.7. The summed E-state index contributed by atoms with van der Waals surface area (Å²) in [6, 6.07) is 6.72. The number of benzene rings is 1. The second-order valence-corrected chi connectivity index (χ2v) is 4.93. The number of amides is 1. The highest BCUT2D eigenvalue weighted by atomic mass is 16.5. The van der Waals surface area contributed by atoms with Crippen molar-refractivity contribution in [3.63, 3.8) is 0 Å². The second kappa shape index (κ2) is 5.92. The molecule has 20 heavy (non-hydrogen) atoms. The number of aliphatic carboxylic acids is 1. The summed E-state index contributed by atoms with van der Waals surface area (Å²) >= 11 is 0. The van der Waals surface area contributed by atoms with Gasteiger partial charge in [0.25, 0.3) is 5.91 Å². The molecule has 2 atom stereocenters. The minimum absolute atomic E-state index is 0.0729. The van der Waals surface area contributed by atoms with Crippen molar-refractivity contribution in [3.05, 3.63) is 24.3 Å². The fraction of sp³-hybridized carbons (Fsp3) is 0.429. The van der Waals surface area contributed by atoms with Crippen molar-refractivity contribution in [2.45, 2.75) is 19.4 Å². The van der Waals surface area contributed by atoms with Gasteiger partial charge in [-0.2, -0.15) is 0 Å². The normalized spacial score (nSPS) is 21.6. The molecule has 2 rings (SSSR count). The lowest BCUT2D eigenvalue weighted by Gasteiger charge is -2.26. The van der Waals surface area contributed by atoms with Crippen molar-refractivity contribution < 1.29 is 19.4 Å². The smallest absolute Gasteiger partial charge is 0.323 e. The van der Waals surface area contributed by atoms with Crippen molar-refractivity contribution in [2.75, 3.05) is 23.8 Å². The van der Waals surface area contributed by atoms with Crippen LogP contribution < -0.4 is 10.6 Å². The van der Waals surface area contributed by atoms with Gasteiger partial charge in [0.1, 0.15) is 12.6 Å². The van der Waals surface area contributed by atoms with Gasteiger partial charge in [0, 0.05) is 6.61 Å². The molecule has 0 aliphatic carbocycles. The van der Waals surface area contributed by atoms with E-state index in [9.17, 15) is 9.59 Å². The molecule has 1 aliphatic heterocycles. The van der Waals surface area contributed by atoms with Gasteiger partial charge in [0.2, 0.25) is 0 Å². The van der Waals surface area contributed by atoms with Gasteiger partial charge in [0.05, 0.1) is 11.4 Å². The molecule has 3 N–H and O–H groups in total. The lowest BCUT2D eigenvalue weighted by Crippen LogP contribution is -2.44. The Kier molecular flexibility index (Phi) is 4.24. The van der Waals surface area contributed by atoms with Crippen LogP contribution in [0.25, 0.3) is 0 Å². The van der Waals surface area contributed by atoms with Gasteiger partial charge in [0.15, 0.2) is 0 Å². The Labute approximate surface area is 117 Å². The summed E-state index contributed by atoms with van der Waals surface area (Å²) in [7, 11) is 0. The lowest BCUT2D eigenvalue weighted by molar-refractivity contribution is -0.138. The molecule has 0 aromatic heterocycles. The third-order valence-electron chi connectivity index (χ3n) is 3.42. The van der Waals surface area contributed by atoms with E-state index in [1.165, 1.54) is 4.90 Å². The molecule has 1 aliphatic rings. The average Bonchev–Trinajstić information content (AvgIpc) is 2.82. The summed E-state index contributed by atoms with van der Waals surface area (Å²) in [5.74, 6) is -1.37. The van der Waals surface area contributed by atoms with Gasteiger partial charge in [-0.25, -0.2) is 0 Å². The highest BCUT2D eigenvalue weighted by Gasteiger charge is 2.35. The first-order valence-corrected chi connectivity index (χ1v) is 6.50. The molecule has 1 amide bonds. The number of nitrogens with two attached hydrogens (primary N) is 1. The van der Waals surface area contributed by atoms with E-state index in [1.807, 2.05) is 6.92 Å². The van der Waals surface area contributed by atoms with E-state index in [2.05, 4.69) is 0 Å². The van der Waals surface area contributed by atoms with Gasteiger partial charge in [-0.3, -0.25) is 14.5 Å². The highest BCUT2D eigenvalue weighted by molar-refractivity contribution is 6.02. The molecule has 6 nitrogen and oxygen atoms in total. The fourth-order valence-corrected chi connectivity index (χ4v) is 2.32. The van der Waals surface area contributed by atoms with E-state index in [4.69, 9.17) is 15.6 Å². The van der Waals surface area contributed by atoms with E-state index < -0.39 is 18.6 Å². The summed E-state index contributed by atoms with van der Waals surface area (Å²) in [6.07, 6.45) is 0.190. The van der Waals surface area contributed by atoms with Gasteiger partial charge < -0.3 is 15.6 Å². The average molecular weight is 278 g/mol. The van der Waals surface area contributed by atoms with Crippen LogP contribution >= 0.6 is 0 Å². The maximum atomic E-state index is 12.5. The maximum absolute atomic E-state index is 12.5. The number of hydrogen-bond acceptors (Lipinski definition) is 4. The lowest BCUT2D eigenvalue weighted by atomic mass is 10.0. The Hall–Kier alpha value is -2.08. The third-order valence-corrected chi connectivity index (χ3v) is 3.42. The van der Waals surface area contributed by atoms with Crippen LogP contribution in [0.2, 0.25) is 0 Å². The standard InChI is InChI=1S/C14H18N2O4/c1-9-6-7-20-13(9)14(19)16(8-12(17)18)11-5-3-2-4-10(11)15/h2-5,9,13H,6-8,15H2,1H3,(H,17,18). The van der Waals surface area contributed by atoms with Crippen molar-refractivity contribution in [3.8, 4) is 0 Å². The number of nitrogen functional groups attached to an aromatic ring is 1. The molecule has 0 saturated carbocycles. The molecule has 0 radical (unpaired) electrons. The quantitative estimate of drug-likeness (QED) is 0.805. The van der Waals surface area contributed by atoms with E-state index in [0.29, 0.717) is 18.0 Å². The molecule has 1 heterocycles. The summed E-state index contributed by atoms with van der Waals surface area (Å²) in [5.41, 5.74) is 6.61. The molecular formula is C14H18N2O4. The fourth-order valence-electron chi connectivity index (χ4n) is 2.32. The molecule has 1 aromatic rings. The van der Waals surface area contributed by atoms with Gasteiger partial charge >= 0.3 is 5.97 Å². The number of carboxylic acids is 1. The SMILES string of the molecule is CC1CCOC1C(=O)N(CC(=O)O)c1ccccc1N. The molecule has 1 fully saturated rings. The summed E-state index contributed by atoms with van der Waals surface area (Å²) < 4.78 is 5.43. The molecule has 0 bridgehead atoms. The molecule has 1 aromatic carbocycles. The number of nitrogens with zero attached hydrogens (tertiary/aromatic N) is 1. The van der Waals surface area contributed by atoms with E-state index >= 15 is 0 Å². The van der Waals surface area contributed by atoms with E-state index in [1.54, 1.807) is 24.3 Å². The van der Waals surface area contributed by atoms with Crippen LogP contribution in [0, 0.1) is 5.92 Å². The van der Waals surface area contributed by atoms with E-state index in [-0.39, 0.29) is 11.8 Å². The van der Waals surface area contributed by atoms with Gasteiger partial charge in [-0.05, 0) is 24.5 Å². The zero-order valence-electron chi connectivity index (χ0n) is 11.3. The molecule has 108 valence electrons. The van der Waals surface area contributed by atoms with Gasteiger partial charge in [-0.15, -0.1) is 0 Å². The van der Waals surface area contributed by atoms with Crippen LogP contribution in [0.1, 0.15) is 13.3 Å². The van der Waals surface area contributed by atoms with Crippen LogP contribution in [0.4, 0.5) is 11.4 Å². The maximum Gasteiger partial charge on any atom is 0.323 e. The predicted molar refractivity (Wildman–Crippen MR) is 74.4 cm³/mol. The van der Waals surface area contributed by atoms with Crippen LogP contribution in [0.15, 0.2) is 24.3 Å². The Morgan fingerprint density at radius 3 is 2.70 bits per heavy atom. The second-order valence-electron chi connectivity index (χ2n) is 4.93. The monoisotopic (exact) mass is 278 g/mol. The summed E-state index contributed by atoms with van der Waals surface area (Å²) in [5, 5.41) is 9.02. The number of para-hydroxylation sites is 2. The Morgan fingerprint density at radius 1 is 1.45 bits per heavy atom. The number of hydrogen-bond donors (Lipinski definition) is 2. The van der Waals surface area contributed by atoms with Crippen molar-refractivity contribution in [1.29, 1.82) is 0 Å². The number of carboxylic acid groups (broad SMARTS) is 1. The largest absolute Gasteiger partial charge is 0.480 e. The Morgan fingerprint density at radius 2 is 2.15 bits per heavy atom. The molecule has 0 spiro atoms. The van der Waals surface area contributed by atoms with E-state index in [0.717, 1.165) is 6.42 Å². The minimum atomic E-state index is -1.09. The van der Waals surface area contributed by atoms with Crippen molar-refractivity contribution >= 4 is 23.3 Å². The minimum Gasteiger partial charge on any atom is -0.480 e. The molecule has 6 heteroatoms. The Balaban J connectivity index is 2.30. The molecular weight excluding hydrogens is 260 g/mol. The highest BCUT2D eigenvalue weighted by Crippen LogP contribution is 2.27. The molecule has 2 unspecified atom stereocenters.